The van der Waals surface area contributed by atoms with E-state index >= 15 is 0 Å². The summed E-state index contributed by atoms with van der Waals surface area (Å²) in [6, 6.07) is 8.52. The number of hydrogen-bond acceptors (Lipinski definition) is 1. The summed E-state index contributed by atoms with van der Waals surface area (Å²) in [7, 11) is 0. The third-order valence-corrected chi connectivity index (χ3v) is 2.81. The first kappa shape index (κ1) is 14.7. The molecule has 1 N–H and O–H groups in total. The highest BCUT2D eigenvalue weighted by Crippen LogP contribution is 2.11. The maximum atomic E-state index is 11.6. The summed E-state index contributed by atoms with van der Waals surface area (Å²) in [6.45, 7) is 9.21. The molecule has 100 valence electrons. The highest BCUT2D eigenvalue weighted by Gasteiger charge is 2.11. The highest BCUT2D eigenvalue weighted by atomic mass is 16.1. The van der Waals surface area contributed by atoms with Crippen molar-refractivity contribution >= 4 is 5.91 Å². The average Bonchev–Trinajstić information content (AvgIpc) is 2.28. The fourth-order valence-electron chi connectivity index (χ4n) is 1.66. The van der Waals surface area contributed by atoms with Crippen LogP contribution in [-0.4, -0.2) is 12.5 Å². The third-order valence-electron chi connectivity index (χ3n) is 2.81. The molecule has 0 bridgehead atoms. The molecule has 1 amide bonds. The molecular formula is C16H25NO. The number of carbonyl (C=O) groups is 1. The molecule has 0 spiro atoms. The van der Waals surface area contributed by atoms with Gasteiger partial charge in [-0.3, -0.25) is 4.79 Å². The molecule has 0 saturated heterocycles. The molecule has 18 heavy (non-hydrogen) atoms. The van der Waals surface area contributed by atoms with E-state index in [1.807, 2.05) is 0 Å². The lowest BCUT2D eigenvalue weighted by molar-refractivity contribution is -0.121. The summed E-state index contributed by atoms with van der Waals surface area (Å²) in [5, 5.41) is 2.98. The maximum Gasteiger partial charge on any atom is 0.220 e. The minimum Gasteiger partial charge on any atom is -0.356 e. The molecule has 1 rings (SSSR count). The van der Waals surface area contributed by atoms with Crippen molar-refractivity contribution in [2.24, 2.45) is 5.41 Å². The van der Waals surface area contributed by atoms with Crippen molar-refractivity contribution in [3.05, 3.63) is 35.4 Å². The number of carbonyl (C=O) groups excluding carboxylic acids is 1. The van der Waals surface area contributed by atoms with Gasteiger partial charge in [-0.05, 0) is 30.7 Å². The summed E-state index contributed by atoms with van der Waals surface area (Å²) >= 11 is 0. The van der Waals surface area contributed by atoms with E-state index in [0.29, 0.717) is 6.42 Å². The Bertz CT molecular complexity index is 373. The SMILES string of the molecule is Cc1ccc(CCCC(=O)NCC(C)(C)C)cc1. The normalized spacial score (nSPS) is 11.3. The van der Waals surface area contributed by atoms with Crippen molar-refractivity contribution in [1.82, 2.24) is 5.32 Å². The van der Waals surface area contributed by atoms with Gasteiger partial charge < -0.3 is 5.32 Å². The average molecular weight is 247 g/mol. The predicted octanol–water partition coefficient (Wildman–Crippen LogP) is 3.48. The Kier molecular flexibility index (Phi) is 5.39. The maximum absolute atomic E-state index is 11.6. The number of aryl methyl sites for hydroxylation is 2. The largest absolute Gasteiger partial charge is 0.356 e. The van der Waals surface area contributed by atoms with Gasteiger partial charge in [-0.25, -0.2) is 0 Å². The summed E-state index contributed by atoms with van der Waals surface area (Å²) < 4.78 is 0. The molecule has 0 fully saturated rings. The van der Waals surface area contributed by atoms with Gasteiger partial charge in [0.05, 0.1) is 0 Å². The standard InChI is InChI=1S/C16H25NO/c1-13-8-10-14(11-9-13)6-5-7-15(18)17-12-16(2,3)4/h8-11H,5-7,12H2,1-4H3,(H,17,18). The minimum absolute atomic E-state index is 0.159. The molecular weight excluding hydrogens is 222 g/mol. The summed E-state index contributed by atoms with van der Waals surface area (Å²) in [6.07, 6.45) is 2.51. The Labute approximate surface area is 111 Å². The Morgan fingerprint density at radius 2 is 1.78 bits per heavy atom. The zero-order valence-electron chi connectivity index (χ0n) is 12.0. The topological polar surface area (TPSA) is 29.1 Å². The summed E-state index contributed by atoms with van der Waals surface area (Å²) in [5.41, 5.74) is 2.75. The van der Waals surface area contributed by atoms with E-state index in [4.69, 9.17) is 0 Å². The molecule has 2 heteroatoms. The molecule has 1 aromatic rings. The Hall–Kier alpha value is -1.31. The van der Waals surface area contributed by atoms with E-state index in [2.05, 4.69) is 57.3 Å². The van der Waals surface area contributed by atoms with Crippen LogP contribution in [0.15, 0.2) is 24.3 Å². The van der Waals surface area contributed by atoms with Crippen LogP contribution in [0.5, 0.6) is 0 Å². The van der Waals surface area contributed by atoms with E-state index in [1.165, 1.54) is 11.1 Å². The van der Waals surface area contributed by atoms with E-state index in [0.717, 1.165) is 19.4 Å². The molecule has 0 radical (unpaired) electrons. The summed E-state index contributed by atoms with van der Waals surface area (Å²) in [5.74, 6) is 0.164. The van der Waals surface area contributed by atoms with E-state index in [-0.39, 0.29) is 11.3 Å². The Morgan fingerprint density at radius 1 is 1.17 bits per heavy atom. The van der Waals surface area contributed by atoms with Crippen LogP contribution in [0, 0.1) is 12.3 Å². The smallest absolute Gasteiger partial charge is 0.220 e. The van der Waals surface area contributed by atoms with Crippen LogP contribution >= 0.6 is 0 Å². The van der Waals surface area contributed by atoms with Gasteiger partial charge in [0.1, 0.15) is 0 Å². The van der Waals surface area contributed by atoms with Crippen molar-refractivity contribution < 1.29 is 4.79 Å². The molecule has 0 saturated carbocycles. The van der Waals surface area contributed by atoms with Gasteiger partial charge in [0.25, 0.3) is 0 Å². The first-order chi connectivity index (χ1) is 8.37. The Morgan fingerprint density at radius 3 is 2.33 bits per heavy atom. The first-order valence-electron chi connectivity index (χ1n) is 6.69. The van der Waals surface area contributed by atoms with E-state index < -0.39 is 0 Å². The number of nitrogens with one attached hydrogen (secondary N) is 1. The van der Waals surface area contributed by atoms with Crippen molar-refractivity contribution in [3.8, 4) is 0 Å². The van der Waals surface area contributed by atoms with Gasteiger partial charge in [0.15, 0.2) is 0 Å². The molecule has 0 aliphatic rings. The molecule has 0 aliphatic carbocycles. The summed E-state index contributed by atoms with van der Waals surface area (Å²) in [4.78, 5) is 11.6. The van der Waals surface area contributed by atoms with Gasteiger partial charge in [0, 0.05) is 13.0 Å². The molecule has 0 aromatic heterocycles. The van der Waals surface area contributed by atoms with Crippen LogP contribution in [-0.2, 0) is 11.2 Å². The van der Waals surface area contributed by atoms with Crippen LogP contribution in [0.4, 0.5) is 0 Å². The van der Waals surface area contributed by atoms with Gasteiger partial charge in [-0.2, -0.15) is 0 Å². The lowest BCUT2D eigenvalue weighted by Crippen LogP contribution is -2.32. The number of benzene rings is 1. The lowest BCUT2D eigenvalue weighted by Gasteiger charge is -2.18. The third kappa shape index (κ3) is 6.43. The zero-order valence-corrected chi connectivity index (χ0v) is 12.0. The van der Waals surface area contributed by atoms with E-state index in [1.54, 1.807) is 0 Å². The molecule has 0 unspecified atom stereocenters. The van der Waals surface area contributed by atoms with Gasteiger partial charge in [0.2, 0.25) is 5.91 Å². The molecule has 1 aromatic carbocycles. The van der Waals surface area contributed by atoms with Crippen molar-refractivity contribution in [2.45, 2.75) is 47.0 Å². The van der Waals surface area contributed by atoms with Gasteiger partial charge in [-0.1, -0.05) is 50.6 Å². The second kappa shape index (κ2) is 6.58. The molecule has 0 atom stereocenters. The van der Waals surface area contributed by atoms with Crippen molar-refractivity contribution in [2.75, 3.05) is 6.54 Å². The lowest BCUT2D eigenvalue weighted by atomic mass is 9.97. The fraction of sp³-hybridized carbons (Fsp3) is 0.562. The van der Waals surface area contributed by atoms with Crippen molar-refractivity contribution in [1.29, 1.82) is 0 Å². The monoisotopic (exact) mass is 247 g/mol. The predicted molar refractivity (Wildman–Crippen MR) is 76.6 cm³/mol. The van der Waals surface area contributed by atoms with Crippen LogP contribution in [0.3, 0.4) is 0 Å². The molecule has 0 aliphatic heterocycles. The van der Waals surface area contributed by atoms with Gasteiger partial charge in [-0.15, -0.1) is 0 Å². The minimum atomic E-state index is 0.159. The molecule has 2 nitrogen and oxygen atoms in total. The molecule has 0 heterocycles. The second-order valence-electron chi connectivity index (χ2n) is 6.18. The first-order valence-corrected chi connectivity index (χ1v) is 6.69. The van der Waals surface area contributed by atoms with Crippen molar-refractivity contribution in [3.63, 3.8) is 0 Å². The number of amides is 1. The quantitative estimate of drug-likeness (QED) is 0.848. The van der Waals surface area contributed by atoms with Crippen LogP contribution in [0.2, 0.25) is 0 Å². The number of hydrogen-bond donors (Lipinski definition) is 1. The number of rotatable bonds is 5. The fourth-order valence-corrected chi connectivity index (χ4v) is 1.66. The Balaban J connectivity index is 2.21. The van der Waals surface area contributed by atoms with Crippen LogP contribution < -0.4 is 5.32 Å². The van der Waals surface area contributed by atoms with E-state index in [9.17, 15) is 4.79 Å². The van der Waals surface area contributed by atoms with Crippen LogP contribution in [0.25, 0.3) is 0 Å². The van der Waals surface area contributed by atoms with Gasteiger partial charge >= 0.3 is 0 Å². The highest BCUT2D eigenvalue weighted by molar-refractivity contribution is 5.75. The second-order valence-corrected chi connectivity index (χ2v) is 6.18. The zero-order chi connectivity index (χ0) is 13.6. The van der Waals surface area contributed by atoms with Crippen LogP contribution in [0.1, 0.15) is 44.7 Å².